The minimum absolute atomic E-state index is 0.0116. The van der Waals surface area contributed by atoms with Crippen molar-refractivity contribution in [1.82, 2.24) is 5.43 Å². The number of aromatic hydroxyl groups is 1. The molecular formula is C16H13F3N2O2. The number of hydrogen-bond acceptors (Lipinski definition) is 3. The summed E-state index contributed by atoms with van der Waals surface area (Å²) >= 11 is 0. The molecule has 0 saturated carbocycles. The van der Waals surface area contributed by atoms with Crippen molar-refractivity contribution in [2.75, 3.05) is 0 Å². The van der Waals surface area contributed by atoms with Gasteiger partial charge in [0.2, 0.25) is 0 Å². The van der Waals surface area contributed by atoms with Gasteiger partial charge in [-0.2, -0.15) is 18.3 Å². The van der Waals surface area contributed by atoms with Crippen LogP contribution in [0.1, 0.15) is 28.4 Å². The van der Waals surface area contributed by atoms with Crippen molar-refractivity contribution in [2.45, 2.75) is 13.1 Å². The normalized spacial score (nSPS) is 12.1. The number of hydrogen-bond donors (Lipinski definition) is 2. The molecule has 0 saturated heterocycles. The van der Waals surface area contributed by atoms with Crippen molar-refractivity contribution in [2.24, 2.45) is 5.10 Å². The molecule has 0 aliphatic rings. The van der Waals surface area contributed by atoms with Crippen molar-refractivity contribution in [3.8, 4) is 5.75 Å². The van der Waals surface area contributed by atoms with Gasteiger partial charge in [0.05, 0.1) is 11.3 Å². The molecule has 120 valence electrons. The third kappa shape index (κ3) is 4.09. The number of amides is 1. The fraction of sp³-hybridized carbons (Fsp3) is 0.125. The third-order valence-corrected chi connectivity index (χ3v) is 3.09. The van der Waals surface area contributed by atoms with E-state index in [-0.39, 0.29) is 11.3 Å². The van der Waals surface area contributed by atoms with E-state index in [9.17, 15) is 23.1 Å². The molecule has 0 unspecified atom stereocenters. The molecule has 2 N–H and O–H groups in total. The van der Waals surface area contributed by atoms with Crippen LogP contribution in [0.2, 0.25) is 0 Å². The summed E-state index contributed by atoms with van der Waals surface area (Å²) in [6.07, 6.45) is -4.45. The molecule has 0 radical (unpaired) electrons. The van der Waals surface area contributed by atoms with Crippen LogP contribution in [0.5, 0.6) is 5.75 Å². The van der Waals surface area contributed by atoms with Gasteiger partial charge in [0.25, 0.3) is 5.91 Å². The van der Waals surface area contributed by atoms with Crippen molar-refractivity contribution in [3.63, 3.8) is 0 Å². The van der Waals surface area contributed by atoms with E-state index >= 15 is 0 Å². The lowest BCUT2D eigenvalue weighted by atomic mass is 10.1. The number of phenolic OH excluding ortho intramolecular Hbond substituents is 1. The molecule has 0 fully saturated rings. The van der Waals surface area contributed by atoms with Crippen LogP contribution in [0.3, 0.4) is 0 Å². The summed E-state index contributed by atoms with van der Waals surface area (Å²) in [5, 5.41) is 13.5. The maximum Gasteiger partial charge on any atom is 0.416 e. The Morgan fingerprint density at radius 1 is 1.09 bits per heavy atom. The van der Waals surface area contributed by atoms with E-state index in [1.54, 1.807) is 25.1 Å². The van der Waals surface area contributed by atoms with Crippen molar-refractivity contribution < 1.29 is 23.1 Å². The van der Waals surface area contributed by atoms with E-state index in [4.69, 9.17) is 0 Å². The van der Waals surface area contributed by atoms with Gasteiger partial charge in [0.15, 0.2) is 0 Å². The highest BCUT2D eigenvalue weighted by Gasteiger charge is 2.30. The zero-order valence-corrected chi connectivity index (χ0v) is 12.1. The van der Waals surface area contributed by atoms with Crippen LogP contribution in [0.15, 0.2) is 53.6 Å². The summed E-state index contributed by atoms with van der Waals surface area (Å²) in [7, 11) is 0. The molecule has 23 heavy (non-hydrogen) atoms. The second kappa shape index (κ2) is 6.51. The van der Waals surface area contributed by atoms with Crippen LogP contribution in [0, 0.1) is 0 Å². The van der Waals surface area contributed by atoms with Gasteiger partial charge >= 0.3 is 6.18 Å². The minimum Gasteiger partial charge on any atom is -0.507 e. The van der Waals surface area contributed by atoms with Gasteiger partial charge in [-0.05, 0) is 43.3 Å². The highest BCUT2D eigenvalue weighted by molar-refractivity contribution is 6.02. The minimum atomic E-state index is -4.45. The molecular weight excluding hydrogens is 309 g/mol. The third-order valence-electron chi connectivity index (χ3n) is 3.09. The summed E-state index contributed by atoms with van der Waals surface area (Å²) in [5.74, 6) is -0.633. The first-order valence-electron chi connectivity index (χ1n) is 6.59. The van der Waals surface area contributed by atoms with Crippen LogP contribution in [0.25, 0.3) is 0 Å². The van der Waals surface area contributed by atoms with Crippen molar-refractivity contribution >= 4 is 11.6 Å². The van der Waals surface area contributed by atoms with E-state index in [2.05, 4.69) is 10.5 Å². The Morgan fingerprint density at radius 2 is 1.70 bits per heavy atom. The van der Waals surface area contributed by atoms with E-state index in [0.29, 0.717) is 11.3 Å². The molecule has 0 atom stereocenters. The number of rotatable bonds is 3. The zero-order chi connectivity index (χ0) is 17.0. The topological polar surface area (TPSA) is 61.7 Å². The second-order valence-corrected chi connectivity index (χ2v) is 4.73. The summed E-state index contributed by atoms with van der Waals surface area (Å²) in [6, 6.07) is 10.2. The van der Waals surface area contributed by atoms with Gasteiger partial charge < -0.3 is 5.11 Å². The summed E-state index contributed by atoms with van der Waals surface area (Å²) in [5.41, 5.74) is 2.27. The van der Waals surface area contributed by atoms with E-state index in [1.165, 1.54) is 6.07 Å². The standard InChI is InChI=1S/C16H13F3N2O2/c1-10(13-4-2-3-5-14(13)22)20-21-15(23)11-6-8-12(9-7-11)16(17,18)19/h2-9,22H,1H3,(H,21,23). The lowest BCUT2D eigenvalue weighted by Gasteiger charge is -2.07. The monoisotopic (exact) mass is 322 g/mol. The molecule has 0 heterocycles. The largest absolute Gasteiger partial charge is 0.507 e. The van der Waals surface area contributed by atoms with Gasteiger partial charge in [0.1, 0.15) is 5.75 Å². The first kappa shape index (κ1) is 16.5. The molecule has 0 bridgehead atoms. The lowest BCUT2D eigenvalue weighted by Crippen LogP contribution is -2.19. The second-order valence-electron chi connectivity index (χ2n) is 4.73. The number of carbonyl (C=O) groups is 1. The Kier molecular flexibility index (Phi) is 4.68. The number of alkyl halides is 3. The Balaban J connectivity index is 2.10. The number of halogens is 3. The Hall–Kier alpha value is -2.83. The van der Waals surface area contributed by atoms with Gasteiger partial charge in [-0.3, -0.25) is 4.79 Å². The smallest absolute Gasteiger partial charge is 0.416 e. The van der Waals surface area contributed by atoms with E-state index < -0.39 is 17.6 Å². The van der Waals surface area contributed by atoms with Gasteiger partial charge in [-0.1, -0.05) is 12.1 Å². The molecule has 0 aliphatic heterocycles. The Morgan fingerprint density at radius 3 is 2.26 bits per heavy atom. The SMILES string of the molecule is CC(=NNC(=O)c1ccc(C(F)(F)F)cc1)c1ccccc1O. The Bertz CT molecular complexity index is 738. The average Bonchev–Trinajstić information content (AvgIpc) is 2.52. The van der Waals surface area contributed by atoms with Crippen molar-refractivity contribution in [3.05, 3.63) is 65.2 Å². The van der Waals surface area contributed by atoms with Crippen molar-refractivity contribution in [1.29, 1.82) is 0 Å². The maximum atomic E-state index is 12.5. The number of phenols is 1. The average molecular weight is 322 g/mol. The van der Waals surface area contributed by atoms with Crippen LogP contribution in [-0.4, -0.2) is 16.7 Å². The highest BCUT2D eigenvalue weighted by atomic mass is 19.4. The lowest BCUT2D eigenvalue weighted by molar-refractivity contribution is -0.137. The molecule has 4 nitrogen and oxygen atoms in total. The molecule has 2 rings (SSSR count). The Labute approximate surface area is 130 Å². The predicted octanol–water partition coefficient (Wildman–Crippen LogP) is 3.57. The van der Waals surface area contributed by atoms with Gasteiger partial charge in [-0.15, -0.1) is 0 Å². The summed E-state index contributed by atoms with van der Waals surface area (Å²) in [4.78, 5) is 11.9. The number of carbonyl (C=O) groups excluding carboxylic acids is 1. The first-order chi connectivity index (χ1) is 10.8. The van der Waals surface area contributed by atoms with Gasteiger partial charge in [0, 0.05) is 11.1 Å². The molecule has 2 aromatic rings. The van der Waals surface area contributed by atoms with Crippen LogP contribution >= 0.6 is 0 Å². The highest BCUT2D eigenvalue weighted by Crippen LogP contribution is 2.29. The molecule has 0 spiro atoms. The quantitative estimate of drug-likeness (QED) is 0.670. The predicted molar refractivity (Wildman–Crippen MR) is 79.2 cm³/mol. The summed E-state index contributed by atoms with van der Waals surface area (Å²) in [6.45, 7) is 1.59. The van der Waals surface area contributed by atoms with Crippen LogP contribution < -0.4 is 5.43 Å². The molecule has 0 aromatic heterocycles. The number of para-hydroxylation sites is 1. The fourth-order valence-corrected chi connectivity index (χ4v) is 1.85. The van der Waals surface area contributed by atoms with Crippen LogP contribution in [-0.2, 0) is 6.18 Å². The van der Waals surface area contributed by atoms with E-state index in [1.807, 2.05) is 0 Å². The maximum absolute atomic E-state index is 12.5. The molecule has 7 heteroatoms. The molecule has 0 aliphatic carbocycles. The zero-order valence-electron chi connectivity index (χ0n) is 12.1. The first-order valence-corrected chi connectivity index (χ1v) is 6.59. The number of nitrogens with one attached hydrogen (secondary N) is 1. The van der Waals surface area contributed by atoms with Crippen LogP contribution in [0.4, 0.5) is 13.2 Å². The molecule has 2 aromatic carbocycles. The van der Waals surface area contributed by atoms with E-state index in [0.717, 1.165) is 24.3 Å². The molecule has 1 amide bonds. The number of nitrogens with zero attached hydrogens (tertiary/aromatic N) is 1. The number of benzene rings is 2. The number of hydrazone groups is 1. The summed E-state index contributed by atoms with van der Waals surface area (Å²) < 4.78 is 37.4. The fourth-order valence-electron chi connectivity index (χ4n) is 1.85. The van der Waals surface area contributed by atoms with Gasteiger partial charge in [-0.25, -0.2) is 5.43 Å².